The second-order valence-electron chi connectivity index (χ2n) is 4.18. The van der Waals surface area contributed by atoms with Crippen molar-refractivity contribution in [3.8, 4) is 0 Å². The zero-order valence-corrected chi connectivity index (χ0v) is 10.6. The van der Waals surface area contributed by atoms with Crippen LogP contribution in [0.25, 0.3) is 0 Å². The van der Waals surface area contributed by atoms with Gasteiger partial charge < -0.3 is 15.9 Å². The van der Waals surface area contributed by atoms with Crippen LogP contribution >= 0.6 is 0 Å². The minimum absolute atomic E-state index is 0.0485. The van der Waals surface area contributed by atoms with E-state index in [0.29, 0.717) is 0 Å². The molecule has 1 aromatic heterocycles. The smallest absolute Gasteiger partial charge is 0.331 e. The summed E-state index contributed by atoms with van der Waals surface area (Å²) >= 11 is 0. The number of hydrogen-bond donors (Lipinski definition) is 3. The molecule has 0 radical (unpaired) electrons. The highest BCUT2D eigenvalue weighted by Crippen LogP contribution is 1.91. The van der Waals surface area contributed by atoms with Gasteiger partial charge in [0.1, 0.15) is 6.04 Å². The Morgan fingerprint density at radius 1 is 1.30 bits per heavy atom. The van der Waals surface area contributed by atoms with E-state index in [2.05, 4.69) is 0 Å². The minimum atomic E-state index is -1.27. The van der Waals surface area contributed by atoms with Crippen molar-refractivity contribution in [1.82, 2.24) is 9.13 Å². The summed E-state index contributed by atoms with van der Waals surface area (Å²) < 4.78 is 1.87. The fourth-order valence-corrected chi connectivity index (χ4v) is 1.58. The fraction of sp³-hybridized carbons (Fsp3) is 0.455. The van der Waals surface area contributed by atoms with Crippen LogP contribution in [0.15, 0.2) is 21.9 Å². The van der Waals surface area contributed by atoms with E-state index in [1.54, 1.807) is 0 Å². The van der Waals surface area contributed by atoms with Crippen molar-refractivity contribution in [2.75, 3.05) is 0 Å². The molecule has 1 atom stereocenters. The van der Waals surface area contributed by atoms with Crippen LogP contribution in [0, 0.1) is 0 Å². The standard InChI is InChI=1S/C11H15N3O6/c12-7(10(18)19)6-13-5-3-8(15)14(11(13)20)4-1-2-9(16)17/h3,5,7H,1-2,4,6,12H2,(H,16,17)(H,18,19)/t7-/m0/s1. The maximum atomic E-state index is 12.0. The molecular formula is C11H15N3O6. The fourth-order valence-electron chi connectivity index (χ4n) is 1.58. The van der Waals surface area contributed by atoms with Crippen molar-refractivity contribution in [2.45, 2.75) is 32.0 Å². The average Bonchev–Trinajstić information content (AvgIpc) is 2.36. The summed E-state index contributed by atoms with van der Waals surface area (Å²) in [6.45, 7) is -0.319. The number of carbonyl (C=O) groups is 2. The lowest BCUT2D eigenvalue weighted by molar-refractivity contribution is -0.139. The SMILES string of the molecule is N[C@@H](Cn1ccc(=O)n(CCCC(=O)O)c1=O)C(=O)O. The molecule has 110 valence electrons. The Bertz CT molecular complexity index is 617. The molecule has 0 amide bonds. The average molecular weight is 285 g/mol. The van der Waals surface area contributed by atoms with Gasteiger partial charge in [0.2, 0.25) is 0 Å². The van der Waals surface area contributed by atoms with E-state index >= 15 is 0 Å². The number of nitrogens with two attached hydrogens (primary N) is 1. The third-order valence-electron chi connectivity index (χ3n) is 2.62. The molecule has 1 heterocycles. The van der Waals surface area contributed by atoms with Crippen LogP contribution in [0.2, 0.25) is 0 Å². The van der Waals surface area contributed by atoms with Crippen LogP contribution in [0.1, 0.15) is 12.8 Å². The number of aromatic nitrogens is 2. The topological polar surface area (TPSA) is 145 Å². The van der Waals surface area contributed by atoms with E-state index in [-0.39, 0.29) is 25.9 Å². The monoisotopic (exact) mass is 285 g/mol. The molecule has 1 rings (SSSR count). The van der Waals surface area contributed by atoms with E-state index in [1.165, 1.54) is 6.20 Å². The van der Waals surface area contributed by atoms with Crippen molar-refractivity contribution in [3.05, 3.63) is 33.1 Å². The predicted octanol–water partition coefficient (Wildman–Crippen LogP) is -1.71. The third-order valence-corrected chi connectivity index (χ3v) is 2.62. The number of carboxylic acid groups (broad SMARTS) is 2. The molecular weight excluding hydrogens is 270 g/mol. The number of rotatable bonds is 7. The summed E-state index contributed by atoms with van der Waals surface area (Å²) in [5.41, 5.74) is 4.04. The highest BCUT2D eigenvalue weighted by atomic mass is 16.4. The second kappa shape index (κ2) is 6.66. The third kappa shape index (κ3) is 4.05. The molecule has 1 aromatic rings. The molecule has 0 saturated carbocycles. The summed E-state index contributed by atoms with van der Waals surface area (Å²) in [5, 5.41) is 17.2. The van der Waals surface area contributed by atoms with Gasteiger partial charge in [-0.15, -0.1) is 0 Å². The Labute approximate surface area is 112 Å². The molecule has 0 unspecified atom stereocenters. The molecule has 20 heavy (non-hydrogen) atoms. The maximum Gasteiger partial charge on any atom is 0.331 e. The molecule has 0 bridgehead atoms. The Balaban J connectivity index is 2.95. The maximum absolute atomic E-state index is 12.0. The van der Waals surface area contributed by atoms with Gasteiger partial charge in [-0.1, -0.05) is 0 Å². The largest absolute Gasteiger partial charge is 0.481 e. The molecule has 9 heteroatoms. The van der Waals surface area contributed by atoms with E-state index in [9.17, 15) is 19.2 Å². The lowest BCUT2D eigenvalue weighted by Gasteiger charge is -2.11. The van der Waals surface area contributed by atoms with Gasteiger partial charge >= 0.3 is 17.6 Å². The quantitative estimate of drug-likeness (QED) is 0.540. The van der Waals surface area contributed by atoms with Crippen LogP contribution in [0.4, 0.5) is 0 Å². The second-order valence-corrected chi connectivity index (χ2v) is 4.18. The van der Waals surface area contributed by atoms with Gasteiger partial charge in [-0.3, -0.25) is 23.5 Å². The summed E-state index contributed by atoms with van der Waals surface area (Å²) in [7, 11) is 0. The molecule has 0 aliphatic carbocycles. The normalized spacial score (nSPS) is 12.1. The van der Waals surface area contributed by atoms with Crippen LogP contribution in [0.5, 0.6) is 0 Å². The van der Waals surface area contributed by atoms with Crippen LogP contribution in [-0.2, 0) is 22.7 Å². The Morgan fingerprint density at radius 2 is 1.95 bits per heavy atom. The van der Waals surface area contributed by atoms with Gasteiger partial charge in [0.05, 0.1) is 6.54 Å². The predicted molar refractivity (Wildman–Crippen MR) is 67.4 cm³/mol. The van der Waals surface area contributed by atoms with Crippen molar-refractivity contribution >= 4 is 11.9 Å². The molecule has 4 N–H and O–H groups in total. The number of carboxylic acids is 2. The molecule has 0 aromatic carbocycles. The zero-order valence-electron chi connectivity index (χ0n) is 10.6. The molecule has 0 fully saturated rings. The highest BCUT2D eigenvalue weighted by molar-refractivity contribution is 5.72. The van der Waals surface area contributed by atoms with Crippen molar-refractivity contribution in [2.24, 2.45) is 5.73 Å². The van der Waals surface area contributed by atoms with E-state index < -0.39 is 29.2 Å². The van der Waals surface area contributed by atoms with E-state index in [1.807, 2.05) is 0 Å². The van der Waals surface area contributed by atoms with Crippen LogP contribution in [0.3, 0.4) is 0 Å². The van der Waals surface area contributed by atoms with Gasteiger partial charge in [-0.05, 0) is 6.42 Å². The van der Waals surface area contributed by atoms with Crippen LogP contribution in [-0.4, -0.2) is 37.3 Å². The van der Waals surface area contributed by atoms with E-state index in [4.69, 9.17) is 15.9 Å². The van der Waals surface area contributed by atoms with Gasteiger partial charge in [-0.25, -0.2) is 4.79 Å². The minimum Gasteiger partial charge on any atom is -0.481 e. The first kappa shape index (κ1) is 15.6. The zero-order chi connectivity index (χ0) is 15.3. The summed E-state index contributed by atoms with van der Waals surface area (Å²) in [6.07, 6.45) is 1.12. The first-order valence-corrected chi connectivity index (χ1v) is 5.83. The molecule has 0 aliphatic heterocycles. The van der Waals surface area contributed by atoms with Crippen molar-refractivity contribution < 1.29 is 19.8 Å². The Morgan fingerprint density at radius 3 is 2.50 bits per heavy atom. The van der Waals surface area contributed by atoms with Crippen molar-refractivity contribution in [1.29, 1.82) is 0 Å². The lowest BCUT2D eigenvalue weighted by atomic mass is 10.3. The first-order valence-electron chi connectivity index (χ1n) is 5.83. The van der Waals surface area contributed by atoms with Gasteiger partial charge in [-0.2, -0.15) is 0 Å². The Kier molecular flexibility index (Phi) is 5.21. The summed E-state index contributed by atoms with van der Waals surface area (Å²) in [6, 6.07) is -0.158. The Hall–Kier alpha value is -2.42. The molecule has 0 aliphatic rings. The van der Waals surface area contributed by atoms with Gasteiger partial charge in [0.25, 0.3) is 5.56 Å². The molecule has 0 saturated heterocycles. The summed E-state index contributed by atoms with van der Waals surface area (Å²) in [4.78, 5) is 44.5. The van der Waals surface area contributed by atoms with Crippen molar-refractivity contribution in [3.63, 3.8) is 0 Å². The van der Waals surface area contributed by atoms with Gasteiger partial charge in [0, 0.05) is 25.2 Å². The highest BCUT2D eigenvalue weighted by Gasteiger charge is 2.14. The number of aliphatic carboxylic acids is 2. The molecule has 0 spiro atoms. The first-order chi connectivity index (χ1) is 9.32. The van der Waals surface area contributed by atoms with Crippen LogP contribution < -0.4 is 17.0 Å². The summed E-state index contributed by atoms with van der Waals surface area (Å²) in [5.74, 6) is -2.29. The lowest BCUT2D eigenvalue weighted by Crippen LogP contribution is -2.44. The number of hydrogen-bond acceptors (Lipinski definition) is 5. The van der Waals surface area contributed by atoms with E-state index in [0.717, 1.165) is 15.2 Å². The molecule has 9 nitrogen and oxygen atoms in total. The number of nitrogens with zero attached hydrogens (tertiary/aromatic N) is 2. The van der Waals surface area contributed by atoms with Gasteiger partial charge in [0.15, 0.2) is 0 Å².